The van der Waals surface area contributed by atoms with Crippen molar-refractivity contribution in [3.63, 3.8) is 0 Å². The van der Waals surface area contributed by atoms with Crippen LogP contribution in [-0.2, 0) is 11.2 Å². The van der Waals surface area contributed by atoms with E-state index >= 15 is 0 Å². The van der Waals surface area contributed by atoms with Crippen molar-refractivity contribution in [3.8, 4) is 11.5 Å². The zero-order valence-electron chi connectivity index (χ0n) is 13.8. The van der Waals surface area contributed by atoms with Crippen molar-refractivity contribution in [2.75, 3.05) is 6.61 Å². The third-order valence-corrected chi connectivity index (χ3v) is 4.17. The van der Waals surface area contributed by atoms with E-state index in [2.05, 4.69) is 12.1 Å². The molecule has 0 aliphatic rings. The summed E-state index contributed by atoms with van der Waals surface area (Å²) in [7, 11) is 0. The Kier molecular flexibility index (Phi) is 5.19. The predicted octanol–water partition coefficient (Wildman–Crippen LogP) is 4.43. The summed E-state index contributed by atoms with van der Waals surface area (Å²) in [6.07, 6.45) is 2.69. The lowest BCUT2D eigenvalue weighted by Gasteiger charge is -2.09. The van der Waals surface area contributed by atoms with E-state index in [0.29, 0.717) is 22.9 Å². The van der Waals surface area contributed by atoms with Crippen molar-refractivity contribution < 1.29 is 19.7 Å². The summed E-state index contributed by atoms with van der Waals surface area (Å²) >= 11 is 0. The number of aryl methyl sites for hydroxylation is 1. The molecule has 128 valence electrons. The van der Waals surface area contributed by atoms with Crippen LogP contribution in [0.1, 0.15) is 28.8 Å². The topological polar surface area (TPSA) is 66.8 Å². The number of unbranched alkanes of at least 4 members (excludes halogenated alkanes) is 1. The maximum absolute atomic E-state index is 12.3. The molecular formula is C21H20O4. The van der Waals surface area contributed by atoms with Crippen LogP contribution in [0.2, 0.25) is 0 Å². The molecule has 3 rings (SSSR count). The first-order chi connectivity index (χ1) is 12.2. The number of aromatic hydroxyl groups is 2. The van der Waals surface area contributed by atoms with Crippen molar-refractivity contribution >= 4 is 16.7 Å². The lowest BCUT2D eigenvalue weighted by molar-refractivity contribution is 0.0501. The van der Waals surface area contributed by atoms with Crippen molar-refractivity contribution in [2.24, 2.45) is 0 Å². The van der Waals surface area contributed by atoms with Gasteiger partial charge in [-0.2, -0.15) is 0 Å². The fourth-order valence-corrected chi connectivity index (χ4v) is 2.83. The van der Waals surface area contributed by atoms with Gasteiger partial charge in [-0.05, 0) is 43.0 Å². The molecule has 4 nitrogen and oxygen atoms in total. The van der Waals surface area contributed by atoms with Crippen LogP contribution in [0.5, 0.6) is 11.5 Å². The Labute approximate surface area is 146 Å². The Morgan fingerprint density at radius 2 is 1.64 bits per heavy atom. The molecule has 25 heavy (non-hydrogen) atoms. The van der Waals surface area contributed by atoms with Crippen molar-refractivity contribution in [1.29, 1.82) is 0 Å². The molecule has 0 aliphatic carbocycles. The lowest BCUT2D eigenvalue weighted by atomic mass is 10.0. The van der Waals surface area contributed by atoms with Gasteiger partial charge in [0.2, 0.25) is 0 Å². The summed E-state index contributed by atoms with van der Waals surface area (Å²) < 4.78 is 5.36. The molecule has 0 unspecified atom stereocenters. The van der Waals surface area contributed by atoms with Gasteiger partial charge >= 0.3 is 5.97 Å². The van der Waals surface area contributed by atoms with Crippen LogP contribution in [0.25, 0.3) is 10.8 Å². The molecule has 3 aromatic rings. The summed E-state index contributed by atoms with van der Waals surface area (Å²) in [5, 5.41) is 20.5. The second kappa shape index (κ2) is 7.71. The van der Waals surface area contributed by atoms with Gasteiger partial charge in [-0.1, -0.05) is 42.5 Å². The van der Waals surface area contributed by atoms with Crippen LogP contribution in [-0.4, -0.2) is 22.8 Å². The minimum atomic E-state index is -0.421. The molecule has 2 N–H and O–H groups in total. The number of benzene rings is 3. The first-order valence-corrected chi connectivity index (χ1v) is 8.31. The summed E-state index contributed by atoms with van der Waals surface area (Å²) in [4.78, 5) is 12.3. The van der Waals surface area contributed by atoms with Gasteiger partial charge < -0.3 is 14.9 Å². The Hall–Kier alpha value is -3.01. The van der Waals surface area contributed by atoms with Crippen LogP contribution < -0.4 is 0 Å². The largest absolute Gasteiger partial charge is 0.504 e. The van der Waals surface area contributed by atoms with E-state index in [0.717, 1.165) is 19.3 Å². The molecule has 0 heterocycles. The number of phenolic OH excluding ortho intramolecular Hbond substituents is 2. The van der Waals surface area contributed by atoms with Crippen molar-refractivity contribution in [2.45, 2.75) is 19.3 Å². The number of hydrogen-bond donors (Lipinski definition) is 2. The van der Waals surface area contributed by atoms with Gasteiger partial charge in [0, 0.05) is 10.8 Å². The zero-order valence-corrected chi connectivity index (χ0v) is 13.8. The van der Waals surface area contributed by atoms with Crippen LogP contribution in [0.4, 0.5) is 0 Å². The number of hydrogen-bond acceptors (Lipinski definition) is 4. The molecule has 3 aromatic carbocycles. The maximum atomic E-state index is 12.3. The van der Waals surface area contributed by atoms with E-state index in [1.54, 1.807) is 24.3 Å². The molecule has 0 amide bonds. The summed E-state index contributed by atoms with van der Waals surface area (Å²) in [6.45, 7) is 0.353. The smallest absolute Gasteiger partial charge is 0.338 e. The number of ether oxygens (including phenoxy) is 1. The zero-order chi connectivity index (χ0) is 17.6. The molecule has 0 spiro atoms. The third-order valence-electron chi connectivity index (χ3n) is 4.17. The summed E-state index contributed by atoms with van der Waals surface area (Å²) in [5.41, 5.74) is 1.66. The van der Waals surface area contributed by atoms with E-state index < -0.39 is 5.97 Å². The molecule has 0 atom stereocenters. The van der Waals surface area contributed by atoms with Gasteiger partial charge in [-0.15, -0.1) is 0 Å². The highest BCUT2D eigenvalue weighted by Gasteiger charge is 2.14. The predicted molar refractivity (Wildman–Crippen MR) is 96.9 cm³/mol. The standard InChI is InChI=1S/C21H20O4/c22-19-13-12-16-17(20(19)23)10-6-11-18(16)21(24)25-14-5-4-9-15-7-2-1-3-8-15/h1-3,6-8,10-13,22-23H,4-5,9,14H2. The minimum absolute atomic E-state index is 0.209. The number of esters is 1. The normalized spacial score (nSPS) is 10.7. The minimum Gasteiger partial charge on any atom is -0.504 e. The van der Waals surface area contributed by atoms with Crippen LogP contribution >= 0.6 is 0 Å². The van der Waals surface area contributed by atoms with E-state index in [4.69, 9.17) is 4.74 Å². The molecule has 0 fully saturated rings. The van der Waals surface area contributed by atoms with E-state index in [-0.39, 0.29) is 11.5 Å². The molecule has 4 heteroatoms. The first kappa shape index (κ1) is 16.8. The highest BCUT2D eigenvalue weighted by Crippen LogP contribution is 2.34. The van der Waals surface area contributed by atoms with Crippen LogP contribution in [0.15, 0.2) is 60.7 Å². The third kappa shape index (κ3) is 3.91. The molecular weight excluding hydrogens is 316 g/mol. The van der Waals surface area contributed by atoms with Crippen LogP contribution in [0.3, 0.4) is 0 Å². The fourth-order valence-electron chi connectivity index (χ4n) is 2.83. The van der Waals surface area contributed by atoms with Gasteiger partial charge in [-0.3, -0.25) is 0 Å². The van der Waals surface area contributed by atoms with Crippen molar-refractivity contribution in [1.82, 2.24) is 0 Å². The molecule has 0 saturated carbocycles. The highest BCUT2D eigenvalue weighted by atomic mass is 16.5. The quantitative estimate of drug-likeness (QED) is 0.397. The van der Waals surface area contributed by atoms with Gasteiger partial charge in [0.25, 0.3) is 0 Å². The number of carbonyl (C=O) groups excluding carboxylic acids is 1. The average molecular weight is 336 g/mol. The lowest BCUT2D eigenvalue weighted by Crippen LogP contribution is -2.07. The van der Waals surface area contributed by atoms with Gasteiger partial charge in [0.1, 0.15) is 0 Å². The molecule has 0 bridgehead atoms. The Balaban J connectivity index is 1.58. The summed E-state index contributed by atoms with van der Waals surface area (Å²) in [6, 6.07) is 18.2. The number of phenols is 2. The second-order valence-electron chi connectivity index (χ2n) is 5.91. The van der Waals surface area contributed by atoms with E-state index in [9.17, 15) is 15.0 Å². The second-order valence-corrected chi connectivity index (χ2v) is 5.91. The Morgan fingerprint density at radius 1 is 0.840 bits per heavy atom. The average Bonchev–Trinajstić information content (AvgIpc) is 2.65. The number of fused-ring (bicyclic) bond motifs is 1. The number of rotatable bonds is 6. The Morgan fingerprint density at radius 3 is 2.44 bits per heavy atom. The van der Waals surface area contributed by atoms with Crippen molar-refractivity contribution in [3.05, 3.63) is 71.8 Å². The first-order valence-electron chi connectivity index (χ1n) is 8.31. The van der Waals surface area contributed by atoms with Crippen LogP contribution in [0, 0.1) is 0 Å². The monoisotopic (exact) mass is 336 g/mol. The van der Waals surface area contributed by atoms with Gasteiger partial charge in [0.05, 0.1) is 12.2 Å². The van der Waals surface area contributed by atoms with Gasteiger partial charge in [-0.25, -0.2) is 4.79 Å². The fraction of sp³-hybridized carbons (Fsp3) is 0.190. The number of carbonyl (C=O) groups is 1. The SMILES string of the molecule is O=C(OCCCCc1ccccc1)c1cccc2c(O)c(O)ccc12. The van der Waals surface area contributed by atoms with Gasteiger partial charge in [0.15, 0.2) is 11.5 Å². The maximum Gasteiger partial charge on any atom is 0.338 e. The molecule has 0 aliphatic heterocycles. The Bertz CT molecular complexity index is 872. The van der Waals surface area contributed by atoms with E-state index in [1.165, 1.54) is 11.6 Å². The molecule has 0 radical (unpaired) electrons. The summed E-state index contributed by atoms with van der Waals surface area (Å²) in [5.74, 6) is -0.857. The molecule has 0 saturated heterocycles. The van der Waals surface area contributed by atoms with E-state index in [1.807, 2.05) is 18.2 Å². The highest BCUT2D eigenvalue weighted by molar-refractivity contribution is 6.06. The molecule has 0 aromatic heterocycles.